The van der Waals surface area contributed by atoms with Crippen molar-refractivity contribution in [1.82, 2.24) is 19.7 Å². The standard InChI is InChI=1S/C23H20N6O3S2/c30-20(25-22-24-19(13-33-22)17-7-4-8-18(11-17)29(31)32)14-34-23-27-26-21(16-9-10-16)28(23)12-15-5-2-1-3-6-15/h1-8,11,13,16H,9-10,12,14H2,(H,24,25,30). The van der Waals surface area contributed by atoms with Gasteiger partial charge in [-0.1, -0.05) is 54.2 Å². The summed E-state index contributed by atoms with van der Waals surface area (Å²) in [5.74, 6) is 1.39. The minimum atomic E-state index is -0.443. The Morgan fingerprint density at radius 2 is 2.00 bits per heavy atom. The normalized spacial score (nSPS) is 13.1. The molecular formula is C23H20N6O3S2. The van der Waals surface area contributed by atoms with Gasteiger partial charge >= 0.3 is 0 Å². The van der Waals surface area contributed by atoms with Gasteiger partial charge in [-0.15, -0.1) is 21.5 Å². The quantitative estimate of drug-likeness (QED) is 0.199. The molecule has 0 aliphatic heterocycles. The van der Waals surface area contributed by atoms with Gasteiger partial charge in [-0.3, -0.25) is 14.9 Å². The molecule has 0 bridgehead atoms. The second-order valence-corrected chi connectivity index (χ2v) is 9.67. The molecule has 1 aliphatic carbocycles. The Morgan fingerprint density at radius 1 is 1.18 bits per heavy atom. The lowest BCUT2D eigenvalue weighted by Crippen LogP contribution is -2.15. The van der Waals surface area contributed by atoms with Crippen molar-refractivity contribution in [3.05, 3.63) is 81.5 Å². The van der Waals surface area contributed by atoms with Crippen LogP contribution in [0.2, 0.25) is 0 Å². The average molecular weight is 493 g/mol. The number of nitrogens with zero attached hydrogens (tertiary/aromatic N) is 5. The molecule has 5 rings (SSSR count). The van der Waals surface area contributed by atoms with E-state index in [0.717, 1.165) is 29.4 Å². The number of thioether (sulfide) groups is 1. The summed E-state index contributed by atoms with van der Waals surface area (Å²) in [4.78, 5) is 27.6. The number of thiazole rings is 1. The third-order valence-corrected chi connectivity index (χ3v) is 7.03. The van der Waals surface area contributed by atoms with Crippen LogP contribution in [-0.2, 0) is 11.3 Å². The van der Waals surface area contributed by atoms with E-state index < -0.39 is 4.92 Å². The van der Waals surface area contributed by atoms with Crippen LogP contribution in [0, 0.1) is 10.1 Å². The van der Waals surface area contributed by atoms with E-state index in [0.29, 0.717) is 28.9 Å². The number of non-ortho nitro benzene ring substituents is 1. The lowest BCUT2D eigenvalue weighted by Gasteiger charge is -2.10. The van der Waals surface area contributed by atoms with Gasteiger partial charge in [0.15, 0.2) is 10.3 Å². The third-order valence-electron chi connectivity index (χ3n) is 5.31. The van der Waals surface area contributed by atoms with Crippen molar-refractivity contribution in [1.29, 1.82) is 0 Å². The molecule has 172 valence electrons. The molecule has 0 saturated heterocycles. The van der Waals surface area contributed by atoms with Gasteiger partial charge in [0, 0.05) is 29.0 Å². The Labute approximate surface area is 203 Å². The molecule has 0 atom stereocenters. The molecule has 1 aliphatic rings. The predicted molar refractivity (Wildman–Crippen MR) is 131 cm³/mol. The zero-order chi connectivity index (χ0) is 23.5. The van der Waals surface area contributed by atoms with Crippen molar-refractivity contribution < 1.29 is 9.72 Å². The van der Waals surface area contributed by atoms with Crippen LogP contribution in [0.1, 0.15) is 30.1 Å². The maximum absolute atomic E-state index is 12.6. The SMILES string of the molecule is O=C(CSc1nnc(C2CC2)n1Cc1ccccc1)Nc1nc(-c2cccc([N+](=O)[O-])c2)cs1. The van der Waals surface area contributed by atoms with Crippen LogP contribution < -0.4 is 5.32 Å². The summed E-state index contributed by atoms with van der Waals surface area (Å²) >= 11 is 2.62. The Hall–Kier alpha value is -3.57. The zero-order valence-electron chi connectivity index (χ0n) is 18.0. The summed E-state index contributed by atoms with van der Waals surface area (Å²) in [6.45, 7) is 0.669. The summed E-state index contributed by atoms with van der Waals surface area (Å²) in [6.07, 6.45) is 2.24. The van der Waals surface area contributed by atoms with E-state index in [4.69, 9.17) is 0 Å². The number of carbonyl (C=O) groups is 1. The second kappa shape index (κ2) is 9.74. The lowest BCUT2D eigenvalue weighted by atomic mass is 10.1. The number of hydrogen-bond donors (Lipinski definition) is 1. The molecule has 2 heterocycles. The first-order valence-corrected chi connectivity index (χ1v) is 12.5. The number of hydrogen-bond acceptors (Lipinski definition) is 8. The molecule has 1 N–H and O–H groups in total. The topological polar surface area (TPSA) is 116 Å². The minimum Gasteiger partial charge on any atom is -0.301 e. The Morgan fingerprint density at radius 3 is 2.76 bits per heavy atom. The Bertz CT molecular complexity index is 1330. The van der Waals surface area contributed by atoms with Crippen LogP contribution in [0.4, 0.5) is 10.8 Å². The fourth-order valence-electron chi connectivity index (χ4n) is 3.49. The van der Waals surface area contributed by atoms with Crippen molar-refractivity contribution >= 4 is 39.8 Å². The first kappa shape index (κ1) is 22.2. The molecule has 1 saturated carbocycles. The molecule has 0 unspecified atom stereocenters. The first-order valence-electron chi connectivity index (χ1n) is 10.7. The molecule has 11 heteroatoms. The summed E-state index contributed by atoms with van der Waals surface area (Å²) < 4.78 is 2.11. The summed E-state index contributed by atoms with van der Waals surface area (Å²) in [5.41, 5.74) is 2.36. The van der Waals surface area contributed by atoms with Crippen molar-refractivity contribution in [3.63, 3.8) is 0 Å². The van der Waals surface area contributed by atoms with Gasteiger partial charge in [-0.2, -0.15) is 0 Å². The van der Waals surface area contributed by atoms with Gasteiger partial charge < -0.3 is 9.88 Å². The van der Waals surface area contributed by atoms with E-state index in [1.165, 1.54) is 35.2 Å². The Kier molecular flexibility index (Phi) is 6.37. The molecule has 1 amide bonds. The highest BCUT2D eigenvalue weighted by Crippen LogP contribution is 2.40. The van der Waals surface area contributed by atoms with E-state index in [1.54, 1.807) is 17.5 Å². The van der Waals surface area contributed by atoms with Crippen LogP contribution in [0.25, 0.3) is 11.3 Å². The lowest BCUT2D eigenvalue weighted by molar-refractivity contribution is -0.384. The van der Waals surface area contributed by atoms with Gasteiger partial charge in [-0.25, -0.2) is 4.98 Å². The Balaban J connectivity index is 1.23. The van der Waals surface area contributed by atoms with Crippen LogP contribution >= 0.6 is 23.1 Å². The molecule has 9 nitrogen and oxygen atoms in total. The van der Waals surface area contributed by atoms with Crippen LogP contribution in [-0.4, -0.2) is 36.3 Å². The molecular weight excluding hydrogens is 472 g/mol. The van der Waals surface area contributed by atoms with Gasteiger partial charge in [0.2, 0.25) is 5.91 Å². The maximum Gasteiger partial charge on any atom is 0.270 e. The van der Waals surface area contributed by atoms with E-state index in [1.807, 2.05) is 18.2 Å². The number of aromatic nitrogens is 4. The zero-order valence-corrected chi connectivity index (χ0v) is 19.6. The van der Waals surface area contributed by atoms with E-state index in [-0.39, 0.29) is 17.3 Å². The largest absolute Gasteiger partial charge is 0.301 e. The highest BCUT2D eigenvalue weighted by molar-refractivity contribution is 7.99. The molecule has 4 aromatic rings. The van der Waals surface area contributed by atoms with Gasteiger partial charge in [-0.05, 0) is 18.4 Å². The number of benzene rings is 2. The third kappa shape index (κ3) is 5.15. The highest BCUT2D eigenvalue weighted by Gasteiger charge is 2.30. The summed E-state index contributed by atoms with van der Waals surface area (Å²) in [5, 5.41) is 25.5. The number of anilines is 1. The highest BCUT2D eigenvalue weighted by atomic mass is 32.2. The predicted octanol–water partition coefficient (Wildman–Crippen LogP) is 4.97. The van der Waals surface area contributed by atoms with E-state index in [9.17, 15) is 14.9 Å². The summed E-state index contributed by atoms with van der Waals surface area (Å²) in [6, 6.07) is 16.4. The number of amides is 1. The minimum absolute atomic E-state index is 0.00216. The number of nitro groups is 1. The van der Waals surface area contributed by atoms with E-state index in [2.05, 4.69) is 37.2 Å². The summed E-state index contributed by atoms with van der Waals surface area (Å²) in [7, 11) is 0. The number of nitro benzene ring substituents is 1. The van der Waals surface area contributed by atoms with Gasteiger partial charge in [0.1, 0.15) is 5.82 Å². The van der Waals surface area contributed by atoms with Crippen molar-refractivity contribution in [3.8, 4) is 11.3 Å². The molecule has 2 aromatic carbocycles. The molecule has 0 radical (unpaired) electrons. The number of rotatable bonds is 9. The molecule has 1 fully saturated rings. The fourth-order valence-corrected chi connectivity index (χ4v) is 4.97. The molecule has 0 spiro atoms. The first-order chi connectivity index (χ1) is 16.6. The van der Waals surface area contributed by atoms with Gasteiger partial charge in [0.25, 0.3) is 5.69 Å². The van der Waals surface area contributed by atoms with Crippen LogP contribution in [0.3, 0.4) is 0 Å². The molecule has 2 aromatic heterocycles. The number of carbonyl (C=O) groups excluding carboxylic acids is 1. The van der Waals surface area contributed by atoms with Crippen molar-refractivity contribution in [2.45, 2.75) is 30.5 Å². The number of nitrogens with one attached hydrogen (secondary N) is 1. The van der Waals surface area contributed by atoms with Crippen molar-refractivity contribution in [2.75, 3.05) is 11.1 Å². The molecule has 34 heavy (non-hydrogen) atoms. The van der Waals surface area contributed by atoms with Crippen LogP contribution in [0.15, 0.2) is 65.1 Å². The fraction of sp³-hybridized carbons (Fsp3) is 0.217. The van der Waals surface area contributed by atoms with Crippen LogP contribution in [0.5, 0.6) is 0 Å². The second-order valence-electron chi connectivity index (χ2n) is 7.87. The van der Waals surface area contributed by atoms with Gasteiger partial charge in [0.05, 0.1) is 22.9 Å². The average Bonchev–Trinajstić information content (AvgIpc) is 3.46. The smallest absolute Gasteiger partial charge is 0.270 e. The maximum atomic E-state index is 12.6. The van der Waals surface area contributed by atoms with E-state index >= 15 is 0 Å². The van der Waals surface area contributed by atoms with Crippen molar-refractivity contribution in [2.24, 2.45) is 0 Å². The monoisotopic (exact) mass is 492 g/mol.